The highest BCUT2D eigenvalue weighted by molar-refractivity contribution is 5.73. The number of halogens is 3. The summed E-state index contributed by atoms with van der Waals surface area (Å²) in [4.78, 5) is 0. The molecule has 0 heterocycles. The van der Waals surface area contributed by atoms with Crippen molar-refractivity contribution in [3.05, 3.63) is 57.6 Å². The molecule has 0 nitrogen and oxygen atoms in total. The third-order valence-corrected chi connectivity index (χ3v) is 5.22. The van der Waals surface area contributed by atoms with E-state index in [9.17, 15) is 13.2 Å². The normalized spacial score (nSPS) is 12.6. The van der Waals surface area contributed by atoms with Crippen molar-refractivity contribution in [2.45, 2.75) is 61.1 Å². The lowest BCUT2D eigenvalue weighted by Crippen LogP contribution is -2.34. The molecule has 0 bridgehead atoms. The van der Waals surface area contributed by atoms with E-state index in [1.807, 2.05) is 26.0 Å². The van der Waals surface area contributed by atoms with Gasteiger partial charge in [0.25, 0.3) is 0 Å². The molecule has 0 saturated heterocycles. The fraction of sp³-hybridized carbons (Fsp3) is 0.455. The summed E-state index contributed by atoms with van der Waals surface area (Å²) in [7, 11) is 0. The molecular weight excluding hydrogens is 321 g/mol. The molecule has 0 spiro atoms. The number of benzene rings is 2. The first-order chi connectivity index (χ1) is 11.3. The summed E-state index contributed by atoms with van der Waals surface area (Å²) in [5, 5.41) is 0. The molecule has 0 fully saturated rings. The van der Waals surface area contributed by atoms with Gasteiger partial charge in [0.2, 0.25) is 0 Å². The predicted octanol–water partition coefficient (Wildman–Crippen LogP) is 7.03. The van der Waals surface area contributed by atoms with Crippen LogP contribution in [0.25, 0.3) is 11.1 Å². The van der Waals surface area contributed by atoms with Crippen molar-refractivity contribution >= 4 is 0 Å². The first-order valence-electron chi connectivity index (χ1n) is 8.58. The van der Waals surface area contributed by atoms with E-state index in [1.165, 1.54) is 30.5 Å². The predicted molar refractivity (Wildman–Crippen MR) is 99.1 cm³/mol. The highest BCUT2D eigenvalue weighted by atomic mass is 19.4. The molecule has 3 heteroatoms. The van der Waals surface area contributed by atoms with E-state index >= 15 is 0 Å². The molecule has 25 heavy (non-hydrogen) atoms. The van der Waals surface area contributed by atoms with Gasteiger partial charge in [-0.1, -0.05) is 38.1 Å². The van der Waals surface area contributed by atoms with Gasteiger partial charge in [-0.2, -0.15) is 13.2 Å². The van der Waals surface area contributed by atoms with Crippen LogP contribution in [0.5, 0.6) is 0 Å². The van der Waals surface area contributed by atoms with Gasteiger partial charge in [-0.25, -0.2) is 0 Å². The Morgan fingerprint density at radius 2 is 1.16 bits per heavy atom. The second kappa shape index (κ2) is 6.51. The molecule has 0 aliphatic heterocycles. The highest BCUT2D eigenvalue weighted by Crippen LogP contribution is 2.41. The maximum Gasteiger partial charge on any atom is 0.394 e. The summed E-state index contributed by atoms with van der Waals surface area (Å²) in [5.74, 6) is 0. The van der Waals surface area contributed by atoms with Crippen LogP contribution in [0.2, 0.25) is 0 Å². The lowest BCUT2D eigenvalue weighted by Gasteiger charge is -2.28. The van der Waals surface area contributed by atoms with E-state index in [-0.39, 0.29) is 6.42 Å². The van der Waals surface area contributed by atoms with Crippen LogP contribution in [0.3, 0.4) is 0 Å². The van der Waals surface area contributed by atoms with Crippen LogP contribution in [0.4, 0.5) is 13.2 Å². The molecule has 0 aliphatic rings. The Kier molecular flexibility index (Phi) is 5.09. The van der Waals surface area contributed by atoms with E-state index < -0.39 is 11.6 Å². The third-order valence-electron chi connectivity index (χ3n) is 5.22. The first-order valence-corrected chi connectivity index (χ1v) is 8.58. The second-order valence-electron chi connectivity index (χ2n) is 7.90. The molecule has 2 aromatic rings. The van der Waals surface area contributed by atoms with Gasteiger partial charge in [0, 0.05) is 0 Å². The number of alkyl halides is 3. The largest absolute Gasteiger partial charge is 0.394 e. The molecular formula is C22H27F3. The van der Waals surface area contributed by atoms with Gasteiger partial charge in [-0.3, -0.25) is 0 Å². The average Bonchev–Trinajstić information content (AvgIpc) is 2.42. The molecule has 2 aromatic carbocycles. The Morgan fingerprint density at radius 1 is 0.720 bits per heavy atom. The minimum atomic E-state index is -4.21. The van der Waals surface area contributed by atoms with E-state index in [0.29, 0.717) is 0 Å². The van der Waals surface area contributed by atoms with Crippen LogP contribution >= 0.6 is 0 Å². The van der Waals surface area contributed by atoms with E-state index in [0.717, 1.165) is 27.8 Å². The Morgan fingerprint density at radius 3 is 1.56 bits per heavy atom. The van der Waals surface area contributed by atoms with Gasteiger partial charge in [0.05, 0.1) is 5.41 Å². The van der Waals surface area contributed by atoms with Gasteiger partial charge in [0.15, 0.2) is 0 Å². The van der Waals surface area contributed by atoms with Crippen molar-refractivity contribution in [3.63, 3.8) is 0 Å². The van der Waals surface area contributed by atoms with Crippen molar-refractivity contribution < 1.29 is 13.2 Å². The maximum atomic E-state index is 13.2. The fourth-order valence-corrected chi connectivity index (χ4v) is 3.40. The van der Waals surface area contributed by atoms with Crippen LogP contribution in [0, 0.1) is 40.0 Å². The molecule has 0 aliphatic carbocycles. The molecule has 0 radical (unpaired) electrons. The molecule has 2 rings (SSSR count). The summed E-state index contributed by atoms with van der Waals surface area (Å²) < 4.78 is 39.6. The van der Waals surface area contributed by atoms with Crippen molar-refractivity contribution in [2.75, 3.05) is 0 Å². The Bertz CT molecular complexity index is 749. The number of hydrogen-bond acceptors (Lipinski definition) is 0. The van der Waals surface area contributed by atoms with Gasteiger partial charge < -0.3 is 0 Å². The average molecular weight is 348 g/mol. The summed E-state index contributed by atoms with van der Waals surface area (Å²) in [5.41, 5.74) is 7.06. The molecule has 0 atom stereocenters. The number of rotatable bonds is 3. The quantitative estimate of drug-likeness (QED) is 0.559. The minimum Gasteiger partial charge on any atom is -0.171 e. The fourth-order valence-electron chi connectivity index (χ4n) is 3.40. The Balaban J connectivity index is 2.49. The molecule has 136 valence electrons. The molecule has 0 N–H and O–H groups in total. The van der Waals surface area contributed by atoms with Crippen LogP contribution in [-0.4, -0.2) is 6.18 Å². The lowest BCUT2D eigenvalue weighted by molar-refractivity contribution is -0.211. The zero-order valence-electron chi connectivity index (χ0n) is 16.2. The zero-order valence-corrected chi connectivity index (χ0v) is 16.2. The smallest absolute Gasteiger partial charge is 0.171 e. The second-order valence-corrected chi connectivity index (χ2v) is 7.90. The maximum absolute atomic E-state index is 13.2. The summed E-state index contributed by atoms with van der Waals surface area (Å²) >= 11 is 0. The third kappa shape index (κ3) is 3.91. The van der Waals surface area contributed by atoms with Crippen molar-refractivity contribution in [1.29, 1.82) is 0 Å². The van der Waals surface area contributed by atoms with Crippen LogP contribution in [0.1, 0.15) is 47.2 Å². The summed E-state index contributed by atoms with van der Waals surface area (Å²) in [6.07, 6.45) is -4.22. The van der Waals surface area contributed by atoms with Gasteiger partial charge in [-0.15, -0.1) is 0 Å². The van der Waals surface area contributed by atoms with E-state index in [1.54, 1.807) is 0 Å². The number of hydrogen-bond donors (Lipinski definition) is 0. The molecule has 0 aromatic heterocycles. The Hall–Kier alpha value is -1.77. The van der Waals surface area contributed by atoms with Crippen LogP contribution in [-0.2, 0) is 6.42 Å². The van der Waals surface area contributed by atoms with Crippen molar-refractivity contribution in [3.8, 4) is 11.1 Å². The minimum absolute atomic E-state index is 0.00951. The molecule has 0 saturated carbocycles. The number of aryl methyl sites for hydroxylation is 4. The zero-order chi connectivity index (χ0) is 19.2. The van der Waals surface area contributed by atoms with Crippen LogP contribution < -0.4 is 0 Å². The van der Waals surface area contributed by atoms with Gasteiger partial charge >= 0.3 is 6.18 Å². The summed E-state index contributed by atoms with van der Waals surface area (Å²) in [6.45, 7) is 12.8. The lowest BCUT2D eigenvalue weighted by atomic mass is 9.82. The van der Waals surface area contributed by atoms with Crippen molar-refractivity contribution in [2.24, 2.45) is 5.41 Å². The molecule has 0 unspecified atom stereocenters. The monoisotopic (exact) mass is 348 g/mol. The summed E-state index contributed by atoms with van der Waals surface area (Å²) in [6, 6.07) is 8.13. The SMILES string of the molecule is Cc1cc(-c2c(C)cc(CC(C)(C)C(F)(F)F)cc2C)cc(C)c1C. The molecule has 0 amide bonds. The van der Waals surface area contributed by atoms with E-state index in [4.69, 9.17) is 0 Å². The topological polar surface area (TPSA) is 0 Å². The first kappa shape index (κ1) is 19.6. The standard InChI is InChI=1S/C22H27F3/c1-13-10-19(11-14(2)17(13)5)20-15(3)8-18(9-16(20)4)12-21(6,7)22(23,24)25/h8-11H,12H2,1-7H3. The highest BCUT2D eigenvalue weighted by Gasteiger charge is 2.47. The van der Waals surface area contributed by atoms with Gasteiger partial charge in [0.1, 0.15) is 0 Å². The van der Waals surface area contributed by atoms with Crippen LogP contribution in [0.15, 0.2) is 24.3 Å². The Labute approximate surface area is 149 Å². The van der Waals surface area contributed by atoms with E-state index in [2.05, 4.69) is 32.9 Å². The van der Waals surface area contributed by atoms with Crippen molar-refractivity contribution in [1.82, 2.24) is 0 Å². The van der Waals surface area contributed by atoms with Gasteiger partial charge in [-0.05, 0) is 85.5 Å².